The summed E-state index contributed by atoms with van der Waals surface area (Å²) in [5.74, 6) is 4.15. The van der Waals surface area contributed by atoms with E-state index in [1.807, 2.05) is 45.0 Å². The molecule has 2 N–H and O–H groups in total. The van der Waals surface area contributed by atoms with E-state index in [1.54, 1.807) is 18.1 Å². The Kier molecular flexibility index (Phi) is 21.2. The Morgan fingerprint density at radius 2 is 1.82 bits per heavy atom. The molecule has 3 atom stereocenters. The maximum atomic E-state index is 10.3. The first-order chi connectivity index (χ1) is 19.4. The minimum Gasteiger partial charge on any atom is -0.473 e. The summed E-state index contributed by atoms with van der Waals surface area (Å²) in [5, 5.41) is 18.1. The summed E-state index contributed by atoms with van der Waals surface area (Å²) in [6, 6.07) is 11.1. The lowest BCUT2D eigenvalue weighted by Crippen LogP contribution is -2.21. The second kappa shape index (κ2) is 23.3. The first kappa shape index (κ1) is 36.4. The average molecular weight is 557 g/mol. The molecule has 0 fully saturated rings. The van der Waals surface area contributed by atoms with Gasteiger partial charge >= 0.3 is 0 Å². The number of ether oxygens (including phenoxy) is 2. The van der Waals surface area contributed by atoms with Gasteiger partial charge in [0.05, 0.1) is 23.9 Å². The van der Waals surface area contributed by atoms with Crippen molar-refractivity contribution in [1.29, 1.82) is 5.26 Å². The largest absolute Gasteiger partial charge is 0.473 e. The van der Waals surface area contributed by atoms with Crippen molar-refractivity contribution in [3.63, 3.8) is 0 Å². The Morgan fingerprint density at radius 3 is 2.38 bits per heavy atom. The SMILES string of the molecule is CC.CCOC(CC)COc1cc(C(C(C)C)C(C)CCCNC=O)on1.N#Cc1ccc(CNC=C=O)cc1. The molecule has 0 spiro atoms. The number of amides is 1. The molecule has 0 bridgehead atoms. The van der Waals surface area contributed by atoms with Crippen LogP contribution in [0.25, 0.3) is 0 Å². The van der Waals surface area contributed by atoms with E-state index in [0.717, 1.165) is 37.0 Å². The van der Waals surface area contributed by atoms with Gasteiger partial charge in [0.1, 0.15) is 18.3 Å². The first-order valence-electron chi connectivity index (χ1n) is 14.2. The monoisotopic (exact) mass is 556 g/mol. The molecule has 40 heavy (non-hydrogen) atoms. The Balaban J connectivity index is 0.000000848. The first-order valence-corrected chi connectivity index (χ1v) is 14.2. The molecule has 1 aromatic carbocycles. The minimum atomic E-state index is 0.0790. The van der Waals surface area contributed by atoms with Crippen LogP contribution in [0.3, 0.4) is 0 Å². The number of aromatic nitrogens is 1. The zero-order chi connectivity index (χ0) is 30.2. The van der Waals surface area contributed by atoms with Crippen LogP contribution in [0, 0.1) is 23.2 Å². The number of nitrogens with one attached hydrogen (secondary N) is 2. The number of benzene rings is 1. The van der Waals surface area contributed by atoms with Crippen LogP contribution < -0.4 is 15.4 Å². The van der Waals surface area contributed by atoms with E-state index in [4.69, 9.17) is 19.3 Å². The predicted molar refractivity (Wildman–Crippen MR) is 157 cm³/mol. The summed E-state index contributed by atoms with van der Waals surface area (Å²) in [7, 11) is 0. The lowest BCUT2D eigenvalue weighted by atomic mass is 9.80. The Morgan fingerprint density at radius 1 is 1.12 bits per heavy atom. The molecule has 2 rings (SSSR count). The average Bonchev–Trinajstić information content (AvgIpc) is 3.43. The van der Waals surface area contributed by atoms with E-state index in [2.05, 4.69) is 43.5 Å². The second-order valence-electron chi connectivity index (χ2n) is 9.28. The maximum Gasteiger partial charge on any atom is 0.254 e. The molecule has 222 valence electrons. The van der Waals surface area contributed by atoms with E-state index in [1.165, 1.54) is 6.20 Å². The second-order valence-corrected chi connectivity index (χ2v) is 9.28. The number of carbonyl (C=O) groups excluding carboxylic acids is 2. The summed E-state index contributed by atoms with van der Waals surface area (Å²) in [6.07, 6.45) is 4.92. The lowest BCUT2D eigenvalue weighted by molar-refractivity contribution is -0.109. The van der Waals surface area contributed by atoms with Gasteiger partial charge in [0.25, 0.3) is 5.88 Å². The van der Waals surface area contributed by atoms with E-state index in [0.29, 0.717) is 49.6 Å². The van der Waals surface area contributed by atoms with Gasteiger partial charge in [0.15, 0.2) is 0 Å². The van der Waals surface area contributed by atoms with E-state index >= 15 is 0 Å². The van der Waals surface area contributed by atoms with Crippen LogP contribution in [0.4, 0.5) is 0 Å². The van der Waals surface area contributed by atoms with Gasteiger partial charge in [-0.15, -0.1) is 0 Å². The van der Waals surface area contributed by atoms with Crippen LogP contribution in [0.1, 0.15) is 90.5 Å². The van der Waals surface area contributed by atoms with Gasteiger partial charge in [0, 0.05) is 31.7 Å². The molecule has 1 aromatic heterocycles. The van der Waals surface area contributed by atoms with Crippen molar-refractivity contribution in [2.24, 2.45) is 11.8 Å². The minimum absolute atomic E-state index is 0.0790. The summed E-state index contributed by atoms with van der Waals surface area (Å²) >= 11 is 0. The van der Waals surface area contributed by atoms with Gasteiger partial charge in [-0.3, -0.25) is 4.79 Å². The quantitative estimate of drug-likeness (QED) is 0.142. The number of hydrogen-bond acceptors (Lipinski definition) is 8. The highest BCUT2D eigenvalue weighted by Gasteiger charge is 2.27. The molecule has 0 saturated heterocycles. The van der Waals surface area contributed by atoms with Crippen molar-refractivity contribution in [2.75, 3.05) is 19.8 Å². The molecule has 9 nitrogen and oxygen atoms in total. The van der Waals surface area contributed by atoms with Crippen molar-refractivity contribution in [3.8, 4) is 11.9 Å². The van der Waals surface area contributed by atoms with Gasteiger partial charge in [-0.05, 0) is 60.9 Å². The molecular weight excluding hydrogens is 508 g/mol. The highest BCUT2D eigenvalue weighted by molar-refractivity contribution is 5.45. The predicted octanol–water partition coefficient (Wildman–Crippen LogP) is 5.79. The molecule has 1 heterocycles. The Bertz CT molecular complexity index is 994. The van der Waals surface area contributed by atoms with Crippen LogP contribution in [0.5, 0.6) is 5.88 Å². The third-order valence-corrected chi connectivity index (χ3v) is 6.06. The van der Waals surface area contributed by atoms with Crippen molar-refractivity contribution < 1.29 is 23.6 Å². The van der Waals surface area contributed by atoms with Crippen molar-refractivity contribution in [2.45, 2.75) is 86.3 Å². The standard InChI is InChI=1S/C19H34N2O4.C10H8N2O.C2H6/c1-6-16(23-7-2)12-24-18-11-17(25-21-18)19(14(3)4)15(5)9-8-10-20-13-22;11-7-9-1-3-10(4-2-9)8-12-5-6-13;1-2/h11,13-16,19H,6-10,12H2,1-5H3,(H,20,22);1-5,12H,8H2;1-2H3. The highest BCUT2D eigenvalue weighted by Crippen LogP contribution is 2.36. The number of rotatable bonds is 17. The third kappa shape index (κ3) is 15.1. The van der Waals surface area contributed by atoms with Gasteiger partial charge in [-0.2, -0.15) is 5.26 Å². The van der Waals surface area contributed by atoms with Crippen LogP contribution in [-0.2, 0) is 20.9 Å². The zero-order valence-corrected chi connectivity index (χ0v) is 25.2. The van der Waals surface area contributed by atoms with Crippen molar-refractivity contribution >= 4 is 12.4 Å². The van der Waals surface area contributed by atoms with Gasteiger partial charge < -0.3 is 24.6 Å². The third-order valence-electron chi connectivity index (χ3n) is 6.06. The molecule has 0 aliphatic rings. The van der Waals surface area contributed by atoms with E-state index in [9.17, 15) is 9.59 Å². The Labute approximate surface area is 240 Å². The van der Waals surface area contributed by atoms with Gasteiger partial charge in [-0.1, -0.05) is 53.7 Å². The number of hydrogen-bond donors (Lipinski definition) is 2. The van der Waals surface area contributed by atoms with E-state index < -0.39 is 0 Å². The molecule has 3 unspecified atom stereocenters. The summed E-state index contributed by atoms with van der Waals surface area (Å²) in [6.45, 7) is 17.1. The highest BCUT2D eigenvalue weighted by atomic mass is 16.6. The molecule has 0 aliphatic carbocycles. The van der Waals surface area contributed by atoms with Crippen molar-refractivity contribution in [1.82, 2.24) is 15.8 Å². The molecule has 9 heteroatoms. The number of nitrogens with zero attached hydrogens (tertiary/aromatic N) is 2. The smallest absolute Gasteiger partial charge is 0.254 e. The fourth-order valence-corrected chi connectivity index (χ4v) is 4.13. The van der Waals surface area contributed by atoms with Gasteiger partial charge in [-0.25, -0.2) is 4.79 Å². The lowest BCUT2D eigenvalue weighted by Gasteiger charge is -2.25. The Hall–Kier alpha value is -3.60. The normalized spacial score (nSPS) is 12.2. The molecule has 0 radical (unpaired) electrons. The summed E-state index contributed by atoms with van der Waals surface area (Å²) < 4.78 is 16.9. The molecule has 2 aromatic rings. The number of nitriles is 1. The molecule has 1 amide bonds. The summed E-state index contributed by atoms with van der Waals surface area (Å²) in [5.41, 5.74) is 1.65. The van der Waals surface area contributed by atoms with E-state index in [-0.39, 0.29) is 12.0 Å². The molecule has 0 saturated carbocycles. The van der Waals surface area contributed by atoms with Gasteiger partial charge in [0.2, 0.25) is 6.41 Å². The van der Waals surface area contributed by atoms with Crippen LogP contribution in [0.2, 0.25) is 0 Å². The zero-order valence-electron chi connectivity index (χ0n) is 25.2. The fourth-order valence-electron chi connectivity index (χ4n) is 4.13. The maximum absolute atomic E-state index is 10.3. The molecule has 0 aliphatic heterocycles. The topological polar surface area (TPSA) is 126 Å². The van der Waals surface area contributed by atoms with Crippen molar-refractivity contribution in [3.05, 3.63) is 53.4 Å². The fraction of sp³-hybridized carbons (Fsp3) is 0.581. The van der Waals surface area contributed by atoms with Crippen LogP contribution in [0.15, 0.2) is 41.1 Å². The molecular formula is C31H48N4O5. The number of carbonyl (C=O) groups is 1. The van der Waals surface area contributed by atoms with Crippen LogP contribution in [-0.4, -0.2) is 43.4 Å². The van der Waals surface area contributed by atoms with Crippen LogP contribution >= 0.6 is 0 Å². The summed E-state index contributed by atoms with van der Waals surface area (Å²) in [4.78, 5) is 20.1.